The lowest BCUT2D eigenvalue weighted by Crippen LogP contribution is -2.29. The van der Waals surface area contributed by atoms with Crippen LogP contribution in [0.4, 0.5) is 4.39 Å². The maximum atomic E-state index is 13.7. The van der Waals surface area contributed by atoms with Gasteiger partial charge in [-0.1, -0.05) is 18.2 Å². The number of benzene rings is 2. The molecule has 2 aromatic carbocycles. The molecule has 1 aliphatic heterocycles. The molecule has 0 spiro atoms. The smallest absolute Gasteiger partial charge is 0.365 e. The maximum Gasteiger partial charge on any atom is 0.365 e. The van der Waals surface area contributed by atoms with Gasteiger partial charge in [-0.05, 0) is 29.8 Å². The molecule has 2 unspecified atom stereocenters. The van der Waals surface area contributed by atoms with Crippen molar-refractivity contribution in [3.05, 3.63) is 86.1 Å². The largest absolute Gasteiger partial charge is 0.428 e. The fraction of sp³-hybridized carbons (Fsp3) is 0.105. The Bertz CT molecular complexity index is 1290. The van der Waals surface area contributed by atoms with Gasteiger partial charge in [-0.15, -0.1) is 0 Å². The van der Waals surface area contributed by atoms with Crippen molar-refractivity contribution in [2.75, 3.05) is 0 Å². The standard InChI is InChI=1S/C19H11FN2O5/c20-9-5-6-14-11(7-9)17-16(19(23)26-14)15(18(27-17)22(24)25)12-8-21-13-4-2-1-3-10(12)13/h1-8,15,18,21H. The fourth-order valence-electron chi connectivity index (χ4n) is 3.71. The van der Waals surface area contributed by atoms with E-state index in [0.29, 0.717) is 5.56 Å². The molecule has 1 aliphatic rings. The minimum Gasteiger partial charge on any atom is -0.428 e. The third kappa shape index (κ3) is 2.16. The van der Waals surface area contributed by atoms with Crippen LogP contribution in [0, 0.1) is 15.9 Å². The van der Waals surface area contributed by atoms with Crippen LogP contribution in [0.3, 0.4) is 0 Å². The topological polar surface area (TPSA) is 98.4 Å². The number of ether oxygens (including phenoxy) is 1. The second-order valence-electron chi connectivity index (χ2n) is 6.33. The van der Waals surface area contributed by atoms with Crippen molar-refractivity contribution in [3.8, 4) is 5.75 Å². The highest BCUT2D eigenvalue weighted by Crippen LogP contribution is 2.46. The minimum atomic E-state index is -1.52. The highest BCUT2D eigenvalue weighted by molar-refractivity contribution is 5.88. The summed E-state index contributed by atoms with van der Waals surface area (Å²) in [4.78, 5) is 26.8. The van der Waals surface area contributed by atoms with Crippen LogP contribution in [-0.2, 0) is 0 Å². The summed E-state index contributed by atoms with van der Waals surface area (Å²) in [5.74, 6) is -1.54. The SMILES string of the molecule is O=c1oc2ccc(F)cc2c2c1C(c1c[nH]c3ccccc13)C([N+](=O)[O-])O2. The molecule has 7 nitrogen and oxygen atoms in total. The number of aromatic amines is 1. The van der Waals surface area contributed by atoms with Crippen LogP contribution in [0.1, 0.15) is 17.0 Å². The van der Waals surface area contributed by atoms with Crippen molar-refractivity contribution in [1.82, 2.24) is 4.98 Å². The molecule has 0 aliphatic carbocycles. The van der Waals surface area contributed by atoms with Crippen LogP contribution in [0.25, 0.3) is 21.9 Å². The monoisotopic (exact) mass is 366 g/mol. The molecule has 5 rings (SSSR count). The van der Waals surface area contributed by atoms with E-state index in [2.05, 4.69) is 4.98 Å². The predicted molar refractivity (Wildman–Crippen MR) is 94.0 cm³/mol. The Kier molecular flexibility index (Phi) is 3.12. The van der Waals surface area contributed by atoms with E-state index in [4.69, 9.17) is 9.15 Å². The number of fused-ring (bicyclic) bond motifs is 4. The summed E-state index contributed by atoms with van der Waals surface area (Å²) >= 11 is 0. The summed E-state index contributed by atoms with van der Waals surface area (Å²) in [6.45, 7) is 0. The summed E-state index contributed by atoms with van der Waals surface area (Å²) in [7, 11) is 0. The number of aromatic nitrogens is 1. The van der Waals surface area contributed by atoms with Crippen molar-refractivity contribution < 1.29 is 18.5 Å². The van der Waals surface area contributed by atoms with Crippen LogP contribution in [0.15, 0.2) is 57.9 Å². The average Bonchev–Trinajstić information content (AvgIpc) is 3.24. The molecule has 3 heterocycles. The van der Waals surface area contributed by atoms with E-state index in [9.17, 15) is 19.3 Å². The van der Waals surface area contributed by atoms with Gasteiger partial charge in [0.1, 0.15) is 23.1 Å². The summed E-state index contributed by atoms with van der Waals surface area (Å²) < 4.78 is 24.6. The van der Waals surface area contributed by atoms with Crippen LogP contribution < -0.4 is 10.4 Å². The lowest BCUT2D eigenvalue weighted by molar-refractivity contribution is -0.561. The van der Waals surface area contributed by atoms with E-state index < -0.39 is 28.5 Å². The molecule has 0 bridgehead atoms. The minimum absolute atomic E-state index is 0.00210. The molecule has 4 aromatic rings. The van der Waals surface area contributed by atoms with E-state index in [-0.39, 0.29) is 22.3 Å². The van der Waals surface area contributed by atoms with E-state index in [1.54, 1.807) is 18.3 Å². The van der Waals surface area contributed by atoms with Gasteiger partial charge >= 0.3 is 11.9 Å². The second-order valence-corrected chi connectivity index (χ2v) is 6.33. The second kappa shape index (κ2) is 5.41. The quantitative estimate of drug-likeness (QED) is 0.332. The molecule has 2 aromatic heterocycles. The number of hydrogen-bond acceptors (Lipinski definition) is 5. The van der Waals surface area contributed by atoms with Gasteiger partial charge in [-0.3, -0.25) is 10.1 Å². The van der Waals surface area contributed by atoms with E-state index in [0.717, 1.165) is 23.0 Å². The van der Waals surface area contributed by atoms with Gasteiger partial charge in [-0.2, -0.15) is 0 Å². The Morgan fingerprint density at radius 1 is 1.15 bits per heavy atom. The van der Waals surface area contributed by atoms with Crippen LogP contribution in [0.5, 0.6) is 5.75 Å². The molecular weight excluding hydrogens is 355 g/mol. The number of nitrogens with one attached hydrogen (secondary N) is 1. The van der Waals surface area contributed by atoms with Crippen LogP contribution >= 0.6 is 0 Å². The van der Waals surface area contributed by atoms with Gasteiger partial charge in [0.2, 0.25) is 0 Å². The molecule has 134 valence electrons. The Balaban J connectivity index is 1.84. The third-order valence-corrected chi connectivity index (χ3v) is 4.85. The Labute approximate surface area is 150 Å². The van der Waals surface area contributed by atoms with E-state index in [1.165, 1.54) is 6.07 Å². The highest BCUT2D eigenvalue weighted by Gasteiger charge is 2.48. The molecule has 0 saturated carbocycles. The summed E-state index contributed by atoms with van der Waals surface area (Å²) in [6, 6.07) is 10.9. The van der Waals surface area contributed by atoms with Crippen molar-refractivity contribution in [2.24, 2.45) is 0 Å². The number of hydrogen-bond donors (Lipinski definition) is 1. The van der Waals surface area contributed by atoms with Crippen LogP contribution in [-0.4, -0.2) is 16.1 Å². The van der Waals surface area contributed by atoms with Gasteiger partial charge in [0, 0.05) is 17.1 Å². The summed E-state index contributed by atoms with van der Waals surface area (Å²) in [5, 5.41) is 12.6. The van der Waals surface area contributed by atoms with Gasteiger partial charge in [0.15, 0.2) is 0 Å². The van der Waals surface area contributed by atoms with Gasteiger partial charge in [0.05, 0.1) is 15.9 Å². The molecule has 1 N–H and O–H groups in total. The fourth-order valence-corrected chi connectivity index (χ4v) is 3.71. The number of nitrogens with zero attached hydrogens (tertiary/aromatic N) is 1. The van der Waals surface area contributed by atoms with E-state index in [1.807, 2.05) is 12.1 Å². The first-order valence-corrected chi connectivity index (χ1v) is 8.17. The molecule has 2 atom stereocenters. The Morgan fingerprint density at radius 3 is 2.78 bits per heavy atom. The number of rotatable bonds is 2. The van der Waals surface area contributed by atoms with Gasteiger partial charge in [0.25, 0.3) is 0 Å². The Hall–Kier alpha value is -3.68. The first-order chi connectivity index (χ1) is 13.0. The molecule has 8 heteroatoms. The zero-order valence-electron chi connectivity index (χ0n) is 13.6. The highest BCUT2D eigenvalue weighted by atomic mass is 19.1. The number of nitro groups is 1. The van der Waals surface area contributed by atoms with Crippen molar-refractivity contribution >= 4 is 21.9 Å². The summed E-state index contributed by atoms with van der Waals surface area (Å²) in [5.41, 5.74) is 0.735. The molecule has 27 heavy (non-hydrogen) atoms. The van der Waals surface area contributed by atoms with E-state index >= 15 is 0 Å². The lowest BCUT2D eigenvalue weighted by Gasteiger charge is -2.10. The van der Waals surface area contributed by atoms with Gasteiger partial charge < -0.3 is 14.1 Å². The molecule has 0 fully saturated rings. The first kappa shape index (κ1) is 15.6. The number of H-pyrrole nitrogens is 1. The predicted octanol–water partition coefficient (Wildman–Crippen LogP) is 3.54. The van der Waals surface area contributed by atoms with Crippen molar-refractivity contribution in [2.45, 2.75) is 12.1 Å². The first-order valence-electron chi connectivity index (χ1n) is 8.17. The molecule has 0 amide bonds. The average molecular weight is 366 g/mol. The van der Waals surface area contributed by atoms with Gasteiger partial charge in [-0.25, -0.2) is 9.18 Å². The number of para-hydroxylation sites is 1. The lowest BCUT2D eigenvalue weighted by atomic mass is 9.91. The maximum absolute atomic E-state index is 13.7. The van der Waals surface area contributed by atoms with Crippen molar-refractivity contribution in [3.63, 3.8) is 0 Å². The third-order valence-electron chi connectivity index (χ3n) is 4.85. The van der Waals surface area contributed by atoms with Crippen LogP contribution in [0.2, 0.25) is 0 Å². The molecular formula is C19H11FN2O5. The van der Waals surface area contributed by atoms with Crippen molar-refractivity contribution in [1.29, 1.82) is 0 Å². The Morgan fingerprint density at radius 2 is 1.96 bits per heavy atom. The molecule has 0 saturated heterocycles. The molecule has 0 radical (unpaired) electrons. The summed E-state index contributed by atoms with van der Waals surface area (Å²) in [6.07, 6.45) is 0.107. The normalized spacial score (nSPS) is 18.6. The zero-order valence-corrected chi connectivity index (χ0v) is 13.6. The zero-order chi connectivity index (χ0) is 18.7. The number of halogens is 1.